The standard InChI is InChI=1S/C17H19BrN4.C13H18N2.C4H2Br2N2.CH3I.2ClH.HI/c18-14-10-21-15(11-20-14)22-7-5-17(6-8-22)9-12-3-1-2-4-13(12)16(17)19;14-12-11-4-2-1-3-10(11)9-13(12)5-7-15-8-6-13;5-3-1-7-4(6)2-8-3;1-2;;;/h1-4,10-11,16H,5-9,19H2;1-4,12,15H,5-9,14H2;1-2H;1H3;3*1H/t16-;12-;;;;;/m11...../s1. The van der Waals surface area contributed by atoms with Gasteiger partial charge in [0.2, 0.25) is 0 Å². The number of fused-ring (bicyclic) bond motifs is 2. The fraction of sp³-hybridized carbons (Fsp3) is 0.429. The Bertz CT molecular complexity index is 1570. The van der Waals surface area contributed by atoms with Crippen LogP contribution in [0.3, 0.4) is 0 Å². The van der Waals surface area contributed by atoms with Crippen LogP contribution in [-0.4, -0.2) is 51.0 Å². The minimum atomic E-state index is 0. The molecule has 15 heteroatoms. The number of benzene rings is 2. The van der Waals surface area contributed by atoms with Crippen LogP contribution in [0.2, 0.25) is 0 Å². The van der Waals surface area contributed by atoms with E-state index >= 15 is 0 Å². The van der Waals surface area contributed by atoms with Crippen LogP contribution >= 0.6 is 119 Å². The highest BCUT2D eigenvalue weighted by molar-refractivity contribution is 14.1. The summed E-state index contributed by atoms with van der Waals surface area (Å²) in [5.41, 5.74) is 19.3. The van der Waals surface area contributed by atoms with E-state index < -0.39 is 0 Å². The molecule has 0 unspecified atom stereocenters. The lowest BCUT2D eigenvalue weighted by atomic mass is 9.73. The Labute approximate surface area is 364 Å². The Morgan fingerprint density at radius 1 is 0.660 bits per heavy atom. The van der Waals surface area contributed by atoms with Gasteiger partial charge < -0.3 is 21.7 Å². The van der Waals surface area contributed by atoms with Gasteiger partial charge in [-0.15, -0.1) is 48.8 Å². The van der Waals surface area contributed by atoms with Crippen molar-refractivity contribution < 1.29 is 0 Å². The second-order valence-electron chi connectivity index (χ2n) is 12.5. The van der Waals surface area contributed by atoms with E-state index in [2.05, 4.69) is 149 Å². The van der Waals surface area contributed by atoms with E-state index in [1.165, 1.54) is 41.5 Å². The molecule has 2 spiro atoms. The molecular weight excluding hydrogens is 1100 g/mol. The van der Waals surface area contributed by atoms with Crippen LogP contribution in [0, 0.1) is 10.8 Å². The Hall–Kier alpha value is -0.240. The fourth-order valence-electron chi connectivity index (χ4n) is 7.48. The van der Waals surface area contributed by atoms with E-state index in [1.807, 2.05) is 11.1 Å². The van der Waals surface area contributed by atoms with Crippen LogP contribution in [-0.2, 0) is 12.8 Å². The van der Waals surface area contributed by atoms with Gasteiger partial charge in [0.25, 0.3) is 0 Å². The second kappa shape index (κ2) is 21.6. The van der Waals surface area contributed by atoms with E-state index in [0.29, 0.717) is 5.41 Å². The zero-order chi connectivity index (χ0) is 33.4. The smallest absolute Gasteiger partial charge is 0.147 e. The Morgan fingerprint density at radius 2 is 1.06 bits per heavy atom. The number of aromatic nitrogens is 4. The molecule has 0 saturated carbocycles. The number of anilines is 1. The summed E-state index contributed by atoms with van der Waals surface area (Å²) in [4.78, 5) is 20.8. The molecule has 4 aliphatic rings. The second-order valence-corrected chi connectivity index (χ2v) is 15.0. The molecule has 4 aromatic rings. The first-order valence-electron chi connectivity index (χ1n) is 15.9. The lowest BCUT2D eigenvalue weighted by Crippen LogP contribution is -2.44. The summed E-state index contributed by atoms with van der Waals surface area (Å²) >= 11 is 11.8. The summed E-state index contributed by atoms with van der Waals surface area (Å²) in [7, 11) is 0. The molecule has 2 aromatic heterocycles. The SMILES string of the molecule is Brc1cnc(Br)cn1.CI.Cl.Cl.I.N[C@@H]1c2ccccc2CC12CCN(c1cnc(Br)cn1)CC2.N[C@@H]1c2ccccc2CC12CCNCC2. The van der Waals surface area contributed by atoms with Crippen molar-refractivity contribution in [2.75, 3.05) is 36.0 Å². The summed E-state index contributed by atoms with van der Waals surface area (Å²) in [6, 6.07) is 17.8. The summed E-state index contributed by atoms with van der Waals surface area (Å²) in [6.45, 7) is 4.25. The number of hydrogen-bond acceptors (Lipinski definition) is 8. The largest absolute Gasteiger partial charge is 0.355 e. The van der Waals surface area contributed by atoms with Gasteiger partial charge in [0.05, 0.1) is 24.8 Å². The first-order valence-corrected chi connectivity index (χ1v) is 20.4. The molecule has 2 aliphatic heterocycles. The molecule has 2 aliphatic carbocycles. The highest BCUT2D eigenvalue weighted by Gasteiger charge is 2.46. The molecule has 0 radical (unpaired) electrons. The molecule has 50 heavy (non-hydrogen) atoms. The minimum Gasteiger partial charge on any atom is -0.355 e. The van der Waals surface area contributed by atoms with Gasteiger partial charge >= 0.3 is 0 Å². The predicted molar refractivity (Wildman–Crippen MR) is 240 cm³/mol. The predicted octanol–water partition coefficient (Wildman–Crippen LogP) is 9.21. The van der Waals surface area contributed by atoms with Gasteiger partial charge in [-0.1, -0.05) is 71.1 Å². The summed E-state index contributed by atoms with van der Waals surface area (Å²) in [5.74, 6) is 0.960. The van der Waals surface area contributed by atoms with Gasteiger partial charge in [-0.25, -0.2) is 19.9 Å². The maximum absolute atomic E-state index is 6.61. The van der Waals surface area contributed by atoms with Crippen LogP contribution in [0.5, 0.6) is 0 Å². The molecule has 2 fully saturated rings. The molecule has 8 rings (SSSR count). The molecule has 2 aromatic carbocycles. The summed E-state index contributed by atoms with van der Waals surface area (Å²) in [5, 5.41) is 3.43. The number of nitrogens with one attached hydrogen (secondary N) is 1. The van der Waals surface area contributed by atoms with Crippen molar-refractivity contribution in [2.24, 2.45) is 22.3 Å². The molecule has 4 heterocycles. The van der Waals surface area contributed by atoms with Crippen LogP contribution in [0.4, 0.5) is 5.82 Å². The molecule has 5 N–H and O–H groups in total. The third-order valence-corrected chi connectivity index (χ3v) is 11.3. The number of hydrogen-bond donors (Lipinski definition) is 3. The van der Waals surface area contributed by atoms with Gasteiger partial charge in [0.1, 0.15) is 19.6 Å². The Kier molecular flexibility index (Phi) is 19.8. The molecule has 2 atom stereocenters. The third-order valence-electron chi connectivity index (χ3n) is 10.1. The van der Waals surface area contributed by atoms with Crippen molar-refractivity contribution >= 4 is 125 Å². The Balaban J connectivity index is 0.000000270. The van der Waals surface area contributed by atoms with Crippen LogP contribution in [0.25, 0.3) is 0 Å². The quantitative estimate of drug-likeness (QED) is 0.128. The zero-order valence-corrected chi connectivity index (χ0v) is 38.7. The summed E-state index contributed by atoms with van der Waals surface area (Å²) < 4.78 is 2.28. The molecular formula is C35H45Br3Cl2I2N8. The van der Waals surface area contributed by atoms with Gasteiger partial charge in [-0.3, -0.25) is 0 Å². The van der Waals surface area contributed by atoms with Gasteiger partial charge in [-0.05, 0) is 137 Å². The molecule has 274 valence electrons. The van der Waals surface area contributed by atoms with Gasteiger partial charge in [0, 0.05) is 25.2 Å². The normalized spacial score (nSPS) is 20.0. The molecule has 8 nitrogen and oxygen atoms in total. The van der Waals surface area contributed by atoms with Crippen molar-refractivity contribution in [2.45, 2.75) is 50.6 Å². The number of nitrogens with zero attached hydrogens (tertiary/aromatic N) is 5. The number of rotatable bonds is 1. The van der Waals surface area contributed by atoms with E-state index in [1.54, 1.807) is 18.6 Å². The molecule has 0 amide bonds. The molecule has 2 saturated heterocycles. The van der Waals surface area contributed by atoms with Gasteiger partial charge in [-0.2, -0.15) is 0 Å². The maximum atomic E-state index is 6.61. The van der Waals surface area contributed by atoms with Crippen molar-refractivity contribution in [3.8, 4) is 0 Å². The lowest BCUT2D eigenvalue weighted by molar-refractivity contribution is 0.174. The van der Waals surface area contributed by atoms with Crippen molar-refractivity contribution in [3.05, 3.63) is 109 Å². The lowest BCUT2D eigenvalue weighted by Gasteiger charge is -2.42. The van der Waals surface area contributed by atoms with Crippen molar-refractivity contribution in [1.82, 2.24) is 25.3 Å². The van der Waals surface area contributed by atoms with E-state index in [0.717, 1.165) is 65.1 Å². The summed E-state index contributed by atoms with van der Waals surface area (Å²) in [6.07, 6.45) is 13.8. The number of nitrogens with two attached hydrogens (primary N) is 2. The average Bonchev–Trinajstić information content (AvgIpc) is 3.54. The zero-order valence-electron chi connectivity index (χ0n) is 27.8. The first-order chi connectivity index (χ1) is 22.8. The van der Waals surface area contributed by atoms with Crippen LogP contribution < -0.4 is 21.7 Å². The minimum absolute atomic E-state index is 0. The Morgan fingerprint density at radius 3 is 1.46 bits per heavy atom. The monoisotopic (exact) mass is 1140 g/mol. The number of alkyl halides is 1. The van der Waals surface area contributed by atoms with E-state index in [-0.39, 0.29) is 66.3 Å². The topological polar surface area (TPSA) is 119 Å². The van der Waals surface area contributed by atoms with Crippen LogP contribution in [0.1, 0.15) is 60.0 Å². The first kappa shape index (κ1) is 45.9. The third kappa shape index (κ3) is 10.9. The fourth-order valence-corrected chi connectivity index (χ4v) is 8.10. The van der Waals surface area contributed by atoms with E-state index in [9.17, 15) is 0 Å². The highest BCUT2D eigenvalue weighted by Crippen LogP contribution is 2.51. The van der Waals surface area contributed by atoms with Crippen molar-refractivity contribution in [3.63, 3.8) is 0 Å². The van der Waals surface area contributed by atoms with Crippen LogP contribution in [0.15, 0.2) is 87.1 Å². The van der Waals surface area contributed by atoms with Gasteiger partial charge in [0.15, 0.2) is 0 Å². The molecule has 0 bridgehead atoms. The van der Waals surface area contributed by atoms with E-state index in [4.69, 9.17) is 11.5 Å². The van der Waals surface area contributed by atoms with Crippen molar-refractivity contribution in [1.29, 1.82) is 0 Å². The number of halogens is 7. The highest BCUT2D eigenvalue weighted by atomic mass is 127. The maximum Gasteiger partial charge on any atom is 0.147 e. The average molecular weight is 1140 g/mol. The number of piperidine rings is 2.